The van der Waals surface area contributed by atoms with Crippen LogP contribution in [-0.4, -0.2) is 82.1 Å². The number of amides is 1. The number of carbonyl (C=O) groups excluding carboxylic acids is 1. The van der Waals surface area contributed by atoms with Crippen LogP contribution in [0.3, 0.4) is 0 Å². The number of nitrogens with two attached hydrogens (primary N) is 1. The number of nitrogen functional groups attached to an aromatic ring is 1. The molecule has 4 fully saturated rings. The van der Waals surface area contributed by atoms with Gasteiger partial charge in [-0.25, -0.2) is 13.8 Å². The molecule has 224 valence electrons. The number of nitrogens with zero attached hydrogens (tertiary/aromatic N) is 7. The number of fused-ring (bicyclic) bond motifs is 2. The summed E-state index contributed by atoms with van der Waals surface area (Å²) in [7, 11) is 0. The van der Waals surface area contributed by atoms with Crippen LogP contribution in [0.25, 0.3) is 32.2 Å². The molecule has 3 aromatic heterocycles. The quantitative estimate of drug-likeness (QED) is 0.320. The Balaban J connectivity index is 1.19. The summed E-state index contributed by atoms with van der Waals surface area (Å²) in [6, 6.07) is 5.05. The molecule has 8 rings (SSSR count). The fourth-order valence-electron chi connectivity index (χ4n) is 6.66. The Labute approximate surface area is 255 Å². The van der Waals surface area contributed by atoms with Gasteiger partial charge in [0.2, 0.25) is 17.7 Å². The third kappa shape index (κ3) is 4.19. The van der Waals surface area contributed by atoms with E-state index in [1.165, 1.54) is 37.2 Å². The number of anilines is 2. The van der Waals surface area contributed by atoms with Crippen LogP contribution >= 0.6 is 11.3 Å². The topological polar surface area (TPSA) is 125 Å². The van der Waals surface area contributed by atoms with Crippen molar-refractivity contribution < 1.29 is 18.3 Å². The van der Waals surface area contributed by atoms with E-state index in [2.05, 4.69) is 21.4 Å². The molecule has 2 N–H and O–H groups in total. The summed E-state index contributed by atoms with van der Waals surface area (Å²) in [5, 5.41) is 10.4. The molecule has 1 aliphatic carbocycles. The Hall–Kier alpha value is -4.41. The molecular weight excluding hydrogens is 586 g/mol. The Morgan fingerprint density at radius 3 is 2.75 bits per heavy atom. The van der Waals surface area contributed by atoms with Crippen molar-refractivity contribution in [2.75, 3.05) is 49.9 Å². The van der Waals surface area contributed by atoms with Gasteiger partial charge < -0.3 is 20.3 Å². The van der Waals surface area contributed by atoms with Crippen LogP contribution in [0.4, 0.5) is 19.7 Å². The number of benzene rings is 1. The number of aromatic nitrogens is 3. The SMILES string of the molecule is C=CC(=O)N1CC[C@@H](Oc2nc(N3CC(N4CC5(CC5)C4)C3)nc3c(F)c(-c4ccc(F)c5sc(N)c(C#N)c45)ncc23)C1. The van der Waals surface area contributed by atoms with Crippen molar-refractivity contribution in [2.45, 2.75) is 31.4 Å². The van der Waals surface area contributed by atoms with E-state index in [0.29, 0.717) is 36.9 Å². The second-order valence-corrected chi connectivity index (χ2v) is 13.3. The van der Waals surface area contributed by atoms with Gasteiger partial charge in [-0.3, -0.25) is 14.7 Å². The van der Waals surface area contributed by atoms with Crippen molar-refractivity contribution in [1.82, 2.24) is 24.8 Å². The molecule has 6 heterocycles. The lowest BCUT2D eigenvalue weighted by atomic mass is 9.92. The van der Waals surface area contributed by atoms with Crippen LogP contribution in [0, 0.1) is 28.4 Å². The van der Waals surface area contributed by atoms with Gasteiger partial charge in [-0.05, 0) is 36.5 Å². The molecule has 10 nitrogen and oxygen atoms in total. The van der Waals surface area contributed by atoms with E-state index in [4.69, 9.17) is 15.5 Å². The molecule has 0 bridgehead atoms. The van der Waals surface area contributed by atoms with E-state index in [1.54, 1.807) is 4.90 Å². The zero-order chi connectivity index (χ0) is 30.3. The maximum Gasteiger partial charge on any atom is 0.246 e. The van der Waals surface area contributed by atoms with Crippen molar-refractivity contribution in [2.24, 2.45) is 5.41 Å². The summed E-state index contributed by atoms with van der Waals surface area (Å²) in [5.41, 5.74) is 6.84. The van der Waals surface area contributed by atoms with Gasteiger partial charge in [0.05, 0.1) is 22.2 Å². The number of pyridine rings is 1. The van der Waals surface area contributed by atoms with Gasteiger partial charge in [-0.2, -0.15) is 10.2 Å². The number of nitriles is 1. The summed E-state index contributed by atoms with van der Waals surface area (Å²) in [6.07, 6.45) is 5.58. The predicted octanol–water partition coefficient (Wildman–Crippen LogP) is 4.09. The second kappa shape index (κ2) is 9.80. The van der Waals surface area contributed by atoms with E-state index < -0.39 is 11.6 Å². The monoisotopic (exact) mass is 614 g/mol. The first-order chi connectivity index (χ1) is 21.3. The van der Waals surface area contributed by atoms with Gasteiger partial charge in [0, 0.05) is 62.3 Å². The highest BCUT2D eigenvalue weighted by atomic mass is 32.1. The molecule has 1 aromatic carbocycles. The minimum absolute atomic E-state index is 0.00976. The molecule has 3 aliphatic heterocycles. The molecule has 0 unspecified atom stereocenters. The molecule has 1 amide bonds. The fourth-order valence-corrected chi connectivity index (χ4v) is 7.61. The normalized spacial score (nSPS) is 21.0. The van der Waals surface area contributed by atoms with Crippen molar-refractivity contribution in [3.63, 3.8) is 0 Å². The number of carbonyl (C=O) groups is 1. The summed E-state index contributed by atoms with van der Waals surface area (Å²) < 4.78 is 37.7. The van der Waals surface area contributed by atoms with Crippen LogP contribution in [-0.2, 0) is 4.79 Å². The maximum atomic E-state index is 16.6. The van der Waals surface area contributed by atoms with Crippen LogP contribution in [0.15, 0.2) is 31.0 Å². The standard InChI is InChI=1S/C31H28F2N8O2S/c1-2-22(42)39-8-5-17(13-39)43-29-20-10-36-25(18-3-4-21(32)27-23(18)19(9-34)28(35)44-27)24(33)26(20)37-30(38-29)40-11-16(12-40)41-14-31(15-41)6-7-31/h2-4,10,16-17H,1,5-8,11-15,35H2/t17-/m1/s1. The third-order valence-electron chi connectivity index (χ3n) is 9.43. The van der Waals surface area contributed by atoms with Crippen molar-refractivity contribution in [3.8, 4) is 23.2 Å². The van der Waals surface area contributed by atoms with E-state index in [0.717, 1.165) is 37.5 Å². The number of hydrogen-bond donors (Lipinski definition) is 1. The maximum absolute atomic E-state index is 16.6. The highest BCUT2D eigenvalue weighted by Crippen LogP contribution is 2.54. The molecule has 44 heavy (non-hydrogen) atoms. The number of halogens is 2. The lowest BCUT2D eigenvalue weighted by molar-refractivity contribution is -0.125. The largest absolute Gasteiger partial charge is 0.472 e. The molecule has 0 radical (unpaired) electrons. The summed E-state index contributed by atoms with van der Waals surface area (Å²) in [6.45, 7) is 8.15. The van der Waals surface area contributed by atoms with Crippen molar-refractivity contribution >= 4 is 49.2 Å². The molecule has 4 aromatic rings. The molecule has 13 heteroatoms. The van der Waals surface area contributed by atoms with Crippen LogP contribution < -0.4 is 15.4 Å². The molecular formula is C31H28F2N8O2S. The summed E-state index contributed by atoms with van der Waals surface area (Å²) in [4.78, 5) is 32.1. The average molecular weight is 615 g/mol. The lowest BCUT2D eigenvalue weighted by Gasteiger charge is -2.52. The van der Waals surface area contributed by atoms with Gasteiger partial charge in [0.15, 0.2) is 5.82 Å². The highest BCUT2D eigenvalue weighted by molar-refractivity contribution is 7.23. The molecule has 3 saturated heterocycles. The molecule has 1 spiro atoms. The zero-order valence-corrected chi connectivity index (χ0v) is 24.5. The summed E-state index contributed by atoms with van der Waals surface area (Å²) >= 11 is 0.942. The van der Waals surface area contributed by atoms with Gasteiger partial charge in [-0.1, -0.05) is 6.58 Å². The van der Waals surface area contributed by atoms with E-state index in [9.17, 15) is 14.4 Å². The zero-order valence-electron chi connectivity index (χ0n) is 23.7. The van der Waals surface area contributed by atoms with Crippen LogP contribution in [0.1, 0.15) is 24.8 Å². The second-order valence-electron chi connectivity index (χ2n) is 12.2. The van der Waals surface area contributed by atoms with Gasteiger partial charge >= 0.3 is 0 Å². The van der Waals surface area contributed by atoms with E-state index in [1.807, 2.05) is 11.0 Å². The number of likely N-dealkylation sites (tertiary alicyclic amines) is 2. The summed E-state index contributed by atoms with van der Waals surface area (Å²) in [5.74, 6) is -0.926. The Morgan fingerprint density at radius 2 is 2.02 bits per heavy atom. The van der Waals surface area contributed by atoms with Crippen LogP contribution in [0.2, 0.25) is 0 Å². The van der Waals surface area contributed by atoms with Gasteiger partial charge in [0.1, 0.15) is 34.2 Å². The first kappa shape index (κ1) is 27.2. The lowest BCUT2D eigenvalue weighted by Crippen LogP contribution is -2.66. The van der Waals surface area contributed by atoms with E-state index >= 15 is 4.39 Å². The number of rotatable bonds is 6. The first-order valence-electron chi connectivity index (χ1n) is 14.6. The Morgan fingerprint density at radius 1 is 1.23 bits per heavy atom. The van der Waals surface area contributed by atoms with Crippen molar-refractivity contribution in [3.05, 3.63) is 48.2 Å². The van der Waals surface area contributed by atoms with E-state index in [-0.39, 0.29) is 60.7 Å². The smallest absolute Gasteiger partial charge is 0.246 e. The fraction of sp³-hybridized carbons (Fsp3) is 0.387. The van der Waals surface area contributed by atoms with Crippen LogP contribution in [0.5, 0.6) is 5.88 Å². The Kier molecular flexibility index (Phi) is 6.05. The molecule has 1 atom stereocenters. The first-order valence-corrected chi connectivity index (χ1v) is 15.4. The number of ether oxygens (including phenoxy) is 1. The highest BCUT2D eigenvalue weighted by Gasteiger charge is 2.55. The number of thiophene rings is 1. The third-order valence-corrected chi connectivity index (χ3v) is 10.5. The predicted molar refractivity (Wildman–Crippen MR) is 162 cm³/mol. The average Bonchev–Trinajstić information content (AvgIpc) is 3.51. The number of hydrogen-bond acceptors (Lipinski definition) is 10. The molecule has 4 aliphatic rings. The molecule has 1 saturated carbocycles. The van der Waals surface area contributed by atoms with Gasteiger partial charge in [-0.15, -0.1) is 11.3 Å². The van der Waals surface area contributed by atoms with Crippen molar-refractivity contribution in [1.29, 1.82) is 5.26 Å². The minimum atomic E-state index is -0.733. The Bertz CT molecular complexity index is 1920. The minimum Gasteiger partial charge on any atom is -0.472 e. The van der Waals surface area contributed by atoms with Gasteiger partial charge in [0.25, 0.3) is 0 Å².